The number of hydrogen-bond donors (Lipinski definition) is 0. The molecule has 1 heterocycles. The van der Waals surface area contributed by atoms with Gasteiger partial charge in [0.15, 0.2) is 0 Å². The minimum Gasteiger partial charge on any atom is -0.207 e. The van der Waals surface area contributed by atoms with E-state index in [2.05, 4.69) is 0 Å². The number of hydrogen-bond acceptors (Lipinski definition) is 3. The monoisotopic (exact) mass is 278 g/mol. The lowest BCUT2D eigenvalue weighted by Crippen LogP contribution is -2.43. The molecule has 4 nitrogen and oxygen atoms in total. The first kappa shape index (κ1) is 14.0. The number of nitriles is 1. The molecule has 0 aromatic heterocycles. The molecule has 1 aliphatic rings. The Morgan fingerprint density at radius 2 is 2.11 bits per heavy atom. The summed E-state index contributed by atoms with van der Waals surface area (Å²) in [6.45, 7) is 2.56. The van der Waals surface area contributed by atoms with Crippen LogP contribution in [0.1, 0.15) is 38.2 Å². The lowest BCUT2D eigenvalue weighted by Gasteiger charge is -2.34. The van der Waals surface area contributed by atoms with E-state index in [-0.39, 0.29) is 16.5 Å². The average molecular weight is 278 g/mol. The molecule has 1 fully saturated rings. The van der Waals surface area contributed by atoms with Crippen LogP contribution in [0, 0.1) is 11.3 Å². The van der Waals surface area contributed by atoms with Crippen LogP contribution in [0.25, 0.3) is 0 Å². The van der Waals surface area contributed by atoms with Crippen LogP contribution < -0.4 is 0 Å². The summed E-state index contributed by atoms with van der Waals surface area (Å²) in [7, 11) is -3.56. The fourth-order valence-electron chi connectivity index (χ4n) is 2.61. The smallest absolute Gasteiger partial charge is 0.207 e. The molecular weight excluding hydrogens is 260 g/mol. The molecule has 0 spiro atoms. The van der Waals surface area contributed by atoms with Crippen LogP contribution in [-0.2, 0) is 10.0 Å². The van der Waals surface area contributed by atoms with Gasteiger partial charge in [-0.1, -0.05) is 25.5 Å². The van der Waals surface area contributed by atoms with Crippen LogP contribution >= 0.6 is 0 Å². The molecule has 1 atom stereocenters. The molecule has 0 unspecified atom stereocenters. The predicted molar refractivity (Wildman–Crippen MR) is 73.0 cm³/mol. The first-order chi connectivity index (χ1) is 9.11. The van der Waals surface area contributed by atoms with Gasteiger partial charge in [0, 0.05) is 12.6 Å². The molecule has 0 bridgehead atoms. The van der Waals surface area contributed by atoms with E-state index in [4.69, 9.17) is 5.26 Å². The van der Waals surface area contributed by atoms with Crippen LogP contribution in [0.2, 0.25) is 0 Å². The number of sulfonamides is 1. The standard InChI is InChI=1S/C14H18N2O2S/c1-2-13-8-5-6-10-16(13)19(17,18)14-9-4-3-7-12(14)11-15/h3-4,7,9,13H,2,5-6,8,10H2,1H3/t13-/m0/s1. The highest BCUT2D eigenvalue weighted by Gasteiger charge is 2.33. The molecule has 0 aliphatic carbocycles. The first-order valence-corrected chi connectivity index (χ1v) is 8.06. The minimum atomic E-state index is -3.56. The fourth-order valence-corrected chi connectivity index (χ4v) is 4.52. The van der Waals surface area contributed by atoms with E-state index in [1.54, 1.807) is 22.5 Å². The molecule has 1 aromatic rings. The van der Waals surface area contributed by atoms with Crippen molar-refractivity contribution in [1.29, 1.82) is 5.26 Å². The van der Waals surface area contributed by atoms with Crippen LogP contribution in [0.3, 0.4) is 0 Å². The Morgan fingerprint density at radius 1 is 1.37 bits per heavy atom. The highest BCUT2D eigenvalue weighted by Crippen LogP contribution is 2.28. The SMILES string of the molecule is CC[C@H]1CCCCN1S(=O)(=O)c1ccccc1C#N. The van der Waals surface area contributed by atoms with Gasteiger partial charge in [-0.2, -0.15) is 9.57 Å². The second-order valence-electron chi connectivity index (χ2n) is 4.78. The van der Waals surface area contributed by atoms with Crippen LogP contribution in [0.15, 0.2) is 29.2 Å². The maximum atomic E-state index is 12.7. The molecule has 19 heavy (non-hydrogen) atoms. The Labute approximate surface area is 114 Å². The quantitative estimate of drug-likeness (QED) is 0.853. The third-order valence-corrected chi connectivity index (χ3v) is 5.65. The van der Waals surface area contributed by atoms with Gasteiger partial charge in [0.1, 0.15) is 6.07 Å². The van der Waals surface area contributed by atoms with E-state index in [1.807, 2.05) is 13.0 Å². The zero-order valence-corrected chi connectivity index (χ0v) is 11.9. The van der Waals surface area contributed by atoms with Crippen molar-refractivity contribution in [2.75, 3.05) is 6.54 Å². The molecule has 1 aromatic carbocycles. The normalized spacial score (nSPS) is 20.9. The molecule has 0 N–H and O–H groups in total. The third-order valence-electron chi connectivity index (χ3n) is 3.64. The van der Waals surface area contributed by atoms with Gasteiger partial charge in [0.2, 0.25) is 10.0 Å². The molecule has 5 heteroatoms. The summed E-state index contributed by atoms with van der Waals surface area (Å²) in [5, 5.41) is 9.07. The van der Waals surface area contributed by atoms with Crippen molar-refractivity contribution >= 4 is 10.0 Å². The lowest BCUT2D eigenvalue weighted by molar-refractivity contribution is 0.246. The van der Waals surface area contributed by atoms with Gasteiger partial charge in [-0.25, -0.2) is 8.42 Å². The second kappa shape index (κ2) is 5.72. The summed E-state index contributed by atoms with van der Waals surface area (Å²) in [6, 6.07) is 8.46. The molecular formula is C14H18N2O2S. The topological polar surface area (TPSA) is 61.2 Å². The van der Waals surface area contributed by atoms with Gasteiger partial charge < -0.3 is 0 Å². The van der Waals surface area contributed by atoms with E-state index in [1.165, 1.54) is 6.07 Å². The maximum Gasteiger partial charge on any atom is 0.244 e. The summed E-state index contributed by atoms with van der Waals surface area (Å²) in [4.78, 5) is 0.137. The molecule has 102 valence electrons. The third kappa shape index (κ3) is 2.65. The van der Waals surface area contributed by atoms with E-state index in [0.29, 0.717) is 6.54 Å². The summed E-state index contributed by atoms with van der Waals surface area (Å²) >= 11 is 0. The van der Waals surface area contributed by atoms with Crippen molar-refractivity contribution < 1.29 is 8.42 Å². The Morgan fingerprint density at radius 3 is 2.79 bits per heavy atom. The first-order valence-electron chi connectivity index (χ1n) is 6.62. The van der Waals surface area contributed by atoms with Gasteiger partial charge in [-0.15, -0.1) is 0 Å². The van der Waals surface area contributed by atoms with E-state index < -0.39 is 10.0 Å². The van der Waals surface area contributed by atoms with E-state index >= 15 is 0 Å². The molecule has 2 rings (SSSR count). The Bertz CT molecular complexity index is 590. The number of nitrogens with zero attached hydrogens (tertiary/aromatic N) is 2. The van der Waals surface area contributed by atoms with Gasteiger partial charge in [-0.05, 0) is 31.4 Å². The molecule has 0 saturated carbocycles. The van der Waals surface area contributed by atoms with Crippen molar-refractivity contribution in [3.05, 3.63) is 29.8 Å². The Balaban J connectivity index is 2.44. The van der Waals surface area contributed by atoms with Gasteiger partial charge >= 0.3 is 0 Å². The maximum absolute atomic E-state index is 12.7. The summed E-state index contributed by atoms with van der Waals surface area (Å²) in [5.41, 5.74) is 0.225. The number of rotatable bonds is 3. The van der Waals surface area contributed by atoms with Crippen molar-refractivity contribution in [1.82, 2.24) is 4.31 Å². The van der Waals surface area contributed by atoms with Gasteiger partial charge in [0.05, 0.1) is 10.5 Å². The van der Waals surface area contributed by atoms with Crippen molar-refractivity contribution in [3.8, 4) is 6.07 Å². The molecule has 1 aliphatic heterocycles. The van der Waals surface area contributed by atoms with Crippen molar-refractivity contribution in [2.24, 2.45) is 0 Å². The second-order valence-corrected chi connectivity index (χ2v) is 6.64. The Hall–Kier alpha value is -1.38. The molecule has 1 saturated heterocycles. The largest absolute Gasteiger partial charge is 0.244 e. The summed E-state index contributed by atoms with van der Waals surface area (Å²) in [5.74, 6) is 0. The highest BCUT2D eigenvalue weighted by atomic mass is 32.2. The van der Waals surface area contributed by atoms with E-state index in [9.17, 15) is 8.42 Å². The number of piperidine rings is 1. The fraction of sp³-hybridized carbons (Fsp3) is 0.500. The van der Waals surface area contributed by atoms with Crippen LogP contribution in [0.4, 0.5) is 0 Å². The lowest BCUT2D eigenvalue weighted by atomic mass is 10.0. The van der Waals surface area contributed by atoms with Crippen molar-refractivity contribution in [3.63, 3.8) is 0 Å². The Kier molecular flexibility index (Phi) is 4.23. The van der Waals surface area contributed by atoms with Gasteiger partial charge in [0.25, 0.3) is 0 Å². The van der Waals surface area contributed by atoms with Crippen LogP contribution in [0.5, 0.6) is 0 Å². The summed E-state index contributed by atoms with van der Waals surface area (Å²) in [6.07, 6.45) is 3.69. The average Bonchev–Trinajstić information content (AvgIpc) is 2.47. The van der Waals surface area contributed by atoms with Crippen LogP contribution in [-0.4, -0.2) is 25.3 Å². The minimum absolute atomic E-state index is 0.0606. The molecule has 0 amide bonds. The number of benzene rings is 1. The molecule has 0 radical (unpaired) electrons. The highest BCUT2D eigenvalue weighted by molar-refractivity contribution is 7.89. The zero-order valence-electron chi connectivity index (χ0n) is 11.0. The summed E-state index contributed by atoms with van der Waals surface area (Å²) < 4.78 is 27.0. The van der Waals surface area contributed by atoms with Crippen molar-refractivity contribution in [2.45, 2.75) is 43.5 Å². The van der Waals surface area contributed by atoms with Gasteiger partial charge in [-0.3, -0.25) is 0 Å². The predicted octanol–water partition coefficient (Wildman–Crippen LogP) is 2.51. The zero-order chi connectivity index (χ0) is 13.9. The van der Waals surface area contributed by atoms with E-state index in [0.717, 1.165) is 25.7 Å².